The molecule has 3 aromatic heterocycles. The number of hydrogen-bond acceptors (Lipinski definition) is 5. The largest absolute Gasteiger partial charge is 0.454 e. The van der Waals surface area contributed by atoms with Gasteiger partial charge in [0.25, 0.3) is 0 Å². The van der Waals surface area contributed by atoms with Crippen molar-refractivity contribution in [2.75, 3.05) is 47.3 Å². The molecular weight excluding hydrogens is 931 g/mol. The molecular formula is C66H55N3O2S2. The van der Waals surface area contributed by atoms with E-state index in [0.717, 1.165) is 72.4 Å². The summed E-state index contributed by atoms with van der Waals surface area (Å²) in [5.41, 5.74) is 15.6. The molecule has 12 aromatic rings. The van der Waals surface area contributed by atoms with Crippen molar-refractivity contribution in [1.82, 2.24) is 4.98 Å². The lowest BCUT2D eigenvalue weighted by Gasteiger charge is -2.36. The molecule has 0 amide bonds. The minimum Gasteiger partial charge on any atom is -0.454 e. The van der Waals surface area contributed by atoms with Crippen LogP contribution >= 0.6 is 20.1 Å². The van der Waals surface area contributed by atoms with Crippen LogP contribution in [0.25, 0.3) is 55.1 Å². The third-order valence-corrected chi connectivity index (χ3v) is 18.1. The fourth-order valence-electron chi connectivity index (χ4n) is 11.3. The van der Waals surface area contributed by atoms with Gasteiger partial charge in [0.05, 0.1) is 11.1 Å². The Balaban J connectivity index is 1.13. The van der Waals surface area contributed by atoms with E-state index in [1.54, 1.807) is 6.20 Å². The molecule has 0 fully saturated rings. The molecule has 0 spiro atoms. The molecule has 0 atom stereocenters. The van der Waals surface area contributed by atoms with Gasteiger partial charge in [0.1, 0.15) is 11.2 Å². The number of furan rings is 2. The van der Waals surface area contributed by atoms with E-state index in [9.17, 15) is 0 Å². The second kappa shape index (κ2) is 17.1. The summed E-state index contributed by atoms with van der Waals surface area (Å²) in [5, 5.41) is 4.23. The topological polar surface area (TPSA) is 45.7 Å². The van der Waals surface area contributed by atoms with E-state index in [2.05, 4.69) is 265 Å². The van der Waals surface area contributed by atoms with Gasteiger partial charge >= 0.3 is 0 Å². The molecule has 1 aliphatic rings. The van der Waals surface area contributed by atoms with Crippen LogP contribution in [0.3, 0.4) is 0 Å². The molecule has 0 saturated carbocycles. The average molecular weight is 986 g/mol. The maximum atomic E-state index is 7.22. The van der Waals surface area contributed by atoms with Crippen LogP contribution in [0.15, 0.2) is 243 Å². The van der Waals surface area contributed by atoms with Gasteiger partial charge in [-0.1, -0.05) is 103 Å². The fourth-order valence-corrected chi connectivity index (χ4v) is 13.2. The van der Waals surface area contributed by atoms with E-state index in [1.807, 2.05) is 6.07 Å². The van der Waals surface area contributed by atoms with Crippen molar-refractivity contribution in [2.24, 2.45) is 0 Å². The number of benzene rings is 9. The quantitative estimate of drug-likeness (QED) is 0.137. The SMILES string of the molecule is CS(C)(C)c1ccc(N(c2ccc3c(c2)C(c2ccccc2)(c2ccccc2)c2cc(N(c4ccccc4)c4ccc(S(C)(C)C)cc4)c4oc5ccccc5c4c2-3)c2ccc3c(c2)oc2ncccc23)cc1. The van der Waals surface area contributed by atoms with Crippen molar-refractivity contribution in [1.29, 1.82) is 0 Å². The molecule has 0 radical (unpaired) electrons. The molecule has 0 saturated heterocycles. The number of fused-ring (bicyclic) bond motifs is 10. The summed E-state index contributed by atoms with van der Waals surface area (Å²) in [6.45, 7) is 0. The summed E-state index contributed by atoms with van der Waals surface area (Å²) in [7, 11) is -1.92. The van der Waals surface area contributed by atoms with Gasteiger partial charge in [-0.05, 0) is 190 Å². The van der Waals surface area contributed by atoms with Gasteiger partial charge in [-0.2, -0.15) is 0 Å². The predicted molar refractivity (Wildman–Crippen MR) is 313 cm³/mol. The summed E-state index contributed by atoms with van der Waals surface area (Å²) in [4.78, 5) is 12.1. The van der Waals surface area contributed by atoms with E-state index in [-0.39, 0.29) is 0 Å². The highest BCUT2D eigenvalue weighted by Gasteiger charge is 2.48. The van der Waals surface area contributed by atoms with E-state index < -0.39 is 25.5 Å². The minimum absolute atomic E-state index is 0.635. The second-order valence-corrected chi connectivity index (χ2v) is 28.9. The number of pyridine rings is 1. The van der Waals surface area contributed by atoms with Crippen molar-refractivity contribution >= 4 is 98.2 Å². The molecule has 9 aromatic carbocycles. The smallest absolute Gasteiger partial charge is 0.227 e. The van der Waals surface area contributed by atoms with Crippen LogP contribution in [0.4, 0.5) is 34.1 Å². The van der Waals surface area contributed by atoms with Gasteiger partial charge in [0.2, 0.25) is 5.71 Å². The van der Waals surface area contributed by atoms with Gasteiger partial charge < -0.3 is 18.6 Å². The first-order valence-corrected chi connectivity index (χ1v) is 30.4. The number of para-hydroxylation sites is 2. The van der Waals surface area contributed by atoms with Crippen molar-refractivity contribution in [3.8, 4) is 11.1 Å². The Morgan fingerprint density at radius 2 is 0.945 bits per heavy atom. The van der Waals surface area contributed by atoms with Crippen LogP contribution in [0.1, 0.15) is 22.3 Å². The summed E-state index contributed by atoms with van der Waals surface area (Å²) in [5.74, 6) is 0. The molecule has 358 valence electrons. The Morgan fingerprint density at radius 3 is 1.59 bits per heavy atom. The second-order valence-electron chi connectivity index (χ2n) is 20.6. The van der Waals surface area contributed by atoms with Gasteiger partial charge in [0.15, 0.2) is 5.58 Å². The third kappa shape index (κ3) is 7.27. The van der Waals surface area contributed by atoms with Gasteiger partial charge in [-0.15, -0.1) is 0 Å². The van der Waals surface area contributed by atoms with Crippen molar-refractivity contribution in [2.45, 2.75) is 15.2 Å². The zero-order valence-electron chi connectivity index (χ0n) is 41.8. The molecule has 7 heteroatoms. The number of rotatable bonds is 10. The van der Waals surface area contributed by atoms with Crippen molar-refractivity contribution in [3.05, 3.63) is 247 Å². The van der Waals surface area contributed by atoms with E-state index in [4.69, 9.17) is 8.83 Å². The number of nitrogens with zero attached hydrogens (tertiary/aromatic N) is 3. The fraction of sp³-hybridized carbons (Fsp3) is 0.106. The molecule has 0 N–H and O–H groups in total. The maximum absolute atomic E-state index is 7.22. The van der Waals surface area contributed by atoms with Gasteiger partial charge in [-0.25, -0.2) is 25.0 Å². The molecule has 0 aliphatic heterocycles. The third-order valence-electron chi connectivity index (χ3n) is 14.7. The van der Waals surface area contributed by atoms with Crippen LogP contribution in [-0.2, 0) is 5.41 Å². The first-order chi connectivity index (χ1) is 35.5. The Morgan fingerprint density at radius 1 is 0.411 bits per heavy atom. The molecule has 1 aliphatic carbocycles. The van der Waals surface area contributed by atoms with E-state index in [1.165, 1.54) is 43.2 Å². The number of anilines is 6. The summed E-state index contributed by atoms with van der Waals surface area (Å²) in [6, 6.07) is 80.1. The Bertz CT molecular complexity index is 4000. The van der Waals surface area contributed by atoms with Gasteiger partial charge in [-0.3, -0.25) is 0 Å². The molecule has 5 nitrogen and oxygen atoms in total. The number of hydrogen-bond donors (Lipinski definition) is 0. The molecule has 0 bridgehead atoms. The Hall–Kier alpha value is -7.97. The summed E-state index contributed by atoms with van der Waals surface area (Å²) < 4.78 is 13.7. The predicted octanol–water partition coefficient (Wildman–Crippen LogP) is 18.3. The normalized spacial score (nSPS) is 13.6. The lowest BCUT2D eigenvalue weighted by molar-refractivity contribution is 0.654. The van der Waals surface area contributed by atoms with E-state index >= 15 is 0 Å². The highest BCUT2D eigenvalue weighted by Crippen LogP contribution is 2.62. The number of aromatic nitrogens is 1. The van der Waals surface area contributed by atoms with Crippen molar-refractivity contribution < 1.29 is 8.83 Å². The zero-order chi connectivity index (χ0) is 49.6. The summed E-state index contributed by atoms with van der Waals surface area (Å²) >= 11 is 0. The van der Waals surface area contributed by atoms with E-state index in [0.29, 0.717) is 5.71 Å². The first kappa shape index (κ1) is 44.9. The molecule has 13 rings (SSSR count). The van der Waals surface area contributed by atoms with Crippen LogP contribution in [0.2, 0.25) is 0 Å². The van der Waals surface area contributed by atoms with Crippen LogP contribution < -0.4 is 9.80 Å². The molecule has 0 unspecified atom stereocenters. The van der Waals surface area contributed by atoms with Crippen LogP contribution in [-0.4, -0.2) is 42.5 Å². The van der Waals surface area contributed by atoms with Crippen molar-refractivity contribution in [3.63, 3.8) is 0 Å². The van der Waals surface area contributed by atoms with Crippen LogP contribution in [0.5, 0.6) is 0 Å². The lowest BCUT2D eigenvalue weighted by Crippen LogP contribution is -2.29. The Kier molecular flexibility index (Phi) is 10.5. The summed E-state index contributed by atoms with van der Waals surface area (Å²) in [6.07, 6.45) is 15.9. The highest BCUT2D eigenvalue weighted by atomic mass is 32.3. The van der Waals surface area contributed by atoms with Crippen LogP contribution in [0, 0.1) is 0 Å². The molecule has 73 heavy (non-hydrogen) atoms. The van der Waals surface area contributed by atoms with Gasteiger partial charge in [0, 0.05) is 62.2 Å². The highest BCUT2D eigenvalue weighted by molar-refractivity contribution is 8.32. The minimum atomic E-state index is -0.966. The standard InChI is InChI=1S/C66H55N3O2S2/c1-72(2,3)51-34-28-47(29-35-51)68(50-32-38-53-54-26-18-40-67-65(54)71-61(53)42-50)49-33-39-55-57(41-49)66(44-19-10-7-11-20-44,45-21-12-8-13-22-45)58-43-59(64-63(62(55)58)56-25-16-17-27-60(56)70-64)69(46-23-14-9-15-24-46)48-30-36-52(37-31-48)73(4,5)6/h7-43H,1-6H3. The maximum Gasteiger partial charge on any atom is 0.227 e. The average Bonchev–Trinajstić information content (AvgIpc) is 4.08. The first-order valence-electron chi connectivity index (χ1n) is 24.7. The Labute approximate surface area is 430 Å². The zero-order valence-corrected chi connectivity index (χ0v) is 43.5. The molecule has 3 heterocycles. The lowest BCUT2D eigenvalue weighted by atomic mass is 9.67. The monoisotopic (exact) mass is 985 g/mol.